The number of alkyl halides is 4. The molecule has 0 aromatic rings. The Morgan fingerprint density at radius 2 is 1.62 bits per heavy atom. The van der Waals surface area contributed by atoms with Crippen LogP contribution in [0.1, 0.15) is 32.6 Å². The zero-order valence-corrected chi connectivity index (χ0v) is 9.73. The van der Waals surface area contributed by atoms with Crippen LogP contribution in [0.5, 0.6) is 0 Å². The van der Waals surface area contributed by atoms with Crippen molar-refractivity contribution < 1.29 is 13.2 Å². The predicted octanol–water partition coefficient (Wildman–Crippen LogP) is 4.18. The summed E-state index contributed by atoms with van der Waals surface area (Å²) < 4.78 is 37.3. The summed E-state index contributed by atoms with van der Waals surface area (Å²) in [4.78, 5) is 0. The van der Waals surface area contributed by atoms with Gasteiger partial charge < -0.3 is 0 Å². The van der Waals surface area contributed by atoms with Crippen LogP contribution < -0.4 is 0 Å². The molecule has 1 rings (SSSR count). The Morgan fingerprint density at radius 3 is 1.92 bits per heavy atom. The highest BCUT2D eigenvalue weighted by Gasteiger charge is 2.41. The van der Waals surface area contributed by atoms with Crippen LogP contribution in [0.4, 0.5) is 13.2 Å². The Hall–Kier alpha value is 0.520. The van der Waals surface area contributed by atoms with Gasteiger partial charge in [0.1, 0.15) is 0 Å². The average Bonchev–Trinajstić information content (AvgIpc) is 2.03. The molecule has 4 heteroatoms. The molecule has 0 saturated heterocycles. The molecule has 0 aliphatic heterocycles. The second-order valence-corrected chi connectivity index (χ2v) is 5.80. The molecule has 1 fully saturated rings. The Labute approximate surface area is 90.4 Å². The molecule has 1 unspecified atom stereocenters. The molecule has 1 atom stereocenters. The van der Waals surface area contributed by atoms with Gasteiger partial charge in [0.25, 0.3) is 0 Å². The molecule has 1 aliphatic rings. The van der Waals surface area contributed by atoms with Crippen LogP contribution in [0.2, 0.25) is 0 Å². The first-order valence-corrected chi connectivity index (χ1v) is 5.86. The van der Waals surface area contributed by atoms with E-state index in [2.05, 4.69) is 29.5 Å². The molecule has 0 bridgehead atoms. The van der Waals surface area contributed by atoms with Crippen molar-refractivity contribution in [1.29, 1.82) is 0 Å². The van der Waals surface area contributed by atoms with Crippen molar-refractivity contribution in [3.63, 3.8) is 0 Å². The minimum Gasteiger partial charge on any atom is -0.171 e. The van der Waals surface area contributed by atoms with Crippen molar-refractivity contribution in [2.75, 3.05) is 0 Å². The highest BCUT2D eigenvalue weighted by atomic mass is 127. The topological polar surface area (TPSA) is 0 Å². The molecule has 0 radical (unpaired) electrons. The molecule has 78 valence electrons. The molecule has 1 saturated carbocycles. The lowest BCUT2D eigenvalue weighted by Crippen LogP contribution is -2.29. The summed E-state index contributed by atoms with van der Waals surface area (Å²) in [6.45, 7) is 2.08. The fourth-order valence-corrected chi connectivity index (χ4v) is 2.63. The molecule has 0 amide bonds. The number of hydrogen-bond donors (Lipinski definition) is 0. The van der Waals surface area contributed by atoms with Crippen LogP contribution in [0.3, 0.4) is 0 Å². The van der Waals surface area contributed by atoms with Gasteiger partial charge in [-0.1, -0.05) is 29.5 Å². The molecular weight excluding hydrogens is 292 g/mol. The van der Waals surface area contributed by atoms with Gasteiger partial charge in [-0.05, 0) is 31.6 Å². The van der Waals surface area contributed by atoms with Gasteiger partial charge in [-0.15, -0.1) is 0 Å². The van der Waals surface area contributed by atoms with E-state index < -0.39 is 12.1 Å². The highest BCUT2D eigenvalue weighted by Crippen LogP contribution is 2.41. The van der Waals surface area contributed by atoms with Crippen LogP contribution in [0, 0.1) is 11.8 Å². The third-order valence-electron chi connectivity index (χ3n) is 2.88. The van der Waals surface area contributed by atoms with Gasteiger partial charge in [-0.3, -0.25) is 0 Å². The lowest BCUT2D eigenvalue weighted by Gasteiger charge is -2.31. The average molecular weight is 306 g/mol. The van der Waals surface area contributed by atoms with Crippen molar-refractivity contribution in [1.82, 2.24) is 0 Å². The normalized spacial score (nSPS) is 33.0. The van der Waals surface area contributed by atoms with Crippen molar-refractivity contribution >= 4 is 22.6 Å². The number of hydrogen-bond acceptors (Lipinski definition) is 0. The second kappa shape index (κ2) is 4.36. The highest BCUT2D eigenvalue weighted by molar-refractivity contribution is 14.1. The molecule has 0 spiro atoms. The zero-order chi connectivity index (χ0) is 10.1. The molecule has 0 aromatic carbocycles. The Morgan fingerprint density at radius 1 is 1.15 bits per heavy atom. The van der Waals surface area contributed by atoms with Crippen LogP contribution >= 0.6 is 22.6 Å². The third-order valence-corrected chi connectivity index (χ3v) is 3.90. The van der Waals surface area contributed by atoms with E-state index in [4.69, 9.17) is 0 Å². The van der Waals surface area contributed by atoms with Crippen molar-refractivity contribution in [3.8, 4) is 0 Å². The number of halogens is 4. The van der Waals surface area contributed by atoms with E-state index in [1.165, 1.54) is 0 Å². The molecule has 0 N–H and O–H groups in total. The van der Waals surface area contributed by atoms with Crippen molar-refractivity contribution in [2.24, 2.45) is 11.8 Å². The van der Waals surface area contributed by atoms with Gasteiger partial charge >= 0.3 is 6.18 Å². The maximum atomic E-state index is 12.3. The minimum absolute atomic E-state index is 0.335. The van der Waals surface area contributed by atoms with E-state index >= 15 is 0 Å². The van der Waals surface area contributed by atoms with Crippen LogP contribution in [-0.2, 0) is 0 Å². The lowest BCUT2D eigenvalue weighted by atomic mass is 9.80. The lowest BCUT2D eigenvalue weighted by molar-refractivity contribution is -0.183. The summed E-state index contributed by atoms with van der Waals surface area (Å²) >= 11 is 2.31. The summed E-state index contributed by atoms with van der Waals surface area (Å²) in [5.74, 6) is -0.530. The minimum atomic E-state index is -3.96. The second-order valence-electron chi connectivity index (χ2n) is 3.83. The summed E-state index contributed by atoms with van der Waals surface area (Å²) in [6, 6.07) is 0. The fourth-order valence-electron chi connectivity index (χ4n) is 1.91. The standard InChI is InChI=1S/C9H14F3I/c1-6(13)7-2-4-8(5-3-7)9(10,11)12/h6-8H,2-5H2,1H3/t6?,7-,8-. The predicted molar refractivity (Wildman–Crippen MR) is 55.0 cm³/mol. The first kappa shape index (κ1) is 11.6. The van der Waals surface area contributed by atoms with Gasteiger partial charge in [0.2, 0.25) is 0 Å². The van der Waals surface area contributed by atoms with Gasteiger partial charge in [0.05, 0.1) is 5.92 Å². The van der Waals surface area contributed by atoms with Crippen molar-refractivity contribution in [3.05, 3.63) is 0 Å². The first-order valence-electron chi connectivity index (χ1n) is 4.62. The van der Waals surface area contributed by atoms with Crippen molar-refractivity contribution in [2.45, 2.75) is 42.7 Å². The Kier molecular flexibility index (Phi) is 3.89. The summed E-state index contributed by atoms with van der Waals surface area (Å²) in [7, 11) is 0. The molecule has 13 heavy (non-hydrogen) atoms. The Bertz CT molecular complexity index is 157. The van der Waals surface area contributed by atoms with E-state index in [1.807, 2.05) is 0 Å². The molecule has 0 aromatic heterocycles. The smallest absolute Gasteiger partial charge is 0.171 e. The monoisotopic (exact) mass is 306 g/mol. The van der Waals surface area contributed by atoms with Crippen LogP contribution in [0.25, 0.3) is 0 Å². The van der Waals surface area contributed by atoms with Gasteiger partial charge in [-0.25, -0.2) is 0 Å². The van der Waals surface area contributed by atoms with Gasteiger partial charge in [-0.2, -0.15) is 13.2 Å². The first-order chi connectivity index (χ1) is 5.91. The maximum Gasteiger partial charge on any atom is 0.391 e. The summed E-state index contributed by atoms with van der Waals surface area (Å²) in [6.07, 6.45) is -1.80. The zero-order valence-electron chi connectivity index (χ0n) is 7.57. The quantitative estimate of drug-likeness (QED) is 0.503. The Balaban J connectivity index is 2.39. The van der Waals surface area contributed by atoms with Gasteiger partial charge in [0.15, 0.2) is 0 Å². The van der Waals surface area contributed by atoms with E-state index in [9.17, 15) is 13.2 Å². The van der Waals surface area contributed by atoms with Crippen LogP contribution in [0.15, 0.2) is 0 Å². The van der Waals surface area contributed by atoms with Gasteiger partial charge in [0, 0.05) is 3.92 Å². The summed E-state index contributed by atoms with van der Waals surface area (Å²) in [5, 5.41) is 0. The largest absolute Gasteiger partial charge is 0.391 e. The molecule has 1 aliphatic carbocycles. The fraction of sp³-hybridized carbons (Fsp3) is 1.00. The molecule has 0 heterocycles. The molecular formula is C9H14F3I. The van der Waals surface area contributed by atoms with E-state index in [0.29, 0.717) is 22.7 Å². The van der Waals surface area contributed by atoms with E-state index in [0.717, 1.165) is 12.8 Å². The third kappa shape index (κ3) is 3.29. The number of rotatable bonds is 1. The maximum absolute atomic E-state index is 12.3. The molecule has 0 nitrogen and oxygen atoms in total. The summed E-state index contributed by atoms with van der Waals surface area (Å²) in [5.41, 5.74) is 0. The SMILES string of the molecule is CC(I)[C@H]1CC[C@H](C(F)(F)F)CC1. The van der Waals surface area contributed by atoms with E-state index in [1.54, 1.807) is 0 Å². The van der Waals surface area contributed by atoms with E-state index in [-0.39, 0.29) is 0 Å². The van der Waals surface area contributed by atoms with Crippen LogP contribution in [-0.4, -0.2) is 10.1 Å².